The summed E-state index contributed by atoms with van der Waals surface area (Å²) in [5, 5.41) is 11.8. The number of likely N-dealkylation sites (N-methyl/N-ethyl adjacent to an activating group) is 1. The summed E-state index contributed by atoms with van der Waals surface area (Å²) in [7, 11) is 5.90. The second-order valence-corrected chi connectivity index (χ2v) is 11.3. The van der Waals surface area contributed by atoms with Gasteiger partial charge in [-0.2, -0.15) is 0 Å². The molecule has 7 rings (SSSR count). The van der Waals surface area contributed by atoms with Crippen LogP contribution in [0.3, 0.4) is 0 Å². The van der Waals surface area contributed by atoms with Crippen LogP contribution >= 0.6 is 0 Å². The Bertz CT molecular complexity index is 930. The van der Waals surface area contributed by atoms with Crippen LogP contribution in [-0.4, -0.2) is 61.2 Å². The van der Waals surface area contributed by atoms with E-state index < -0.39 is 11.2 Å². The van der Waals surface area contributed by atoms with E-state index in [-0.39, 0.29) is 22.9 Å². The molecule has 31 heavy (non-hydrogen) atoms. The average Bonchev–Trinajstić information content (AvgIpc) is 3.11. The third-order valence-corrected chi connectivity index (χ3v) is 10.3. The van der Waals surface area contributed by atoms with Gasteiger partial charge in [0.15, 0.2) is 0 Å². The lowest BCUT2D eigenvalue weighted by molar-refractivity contribution is -0.301. The smallest absolute Gasteiger partial charge is 0.138 e. The molecule has 6 aliphatic rings. The van der Waals surface area contributed by atoms with Crippen molar-refractivity contribution < 1.29 is 19.3 Å². The molecule has 0 radical (unpaired) electrons. The average molecular weight is 428 g/mol. The minimum atomic E-state index is -0.761. The van der Waals surface area contributed by atoms with Gasteiger partial charge < -0.3 is 24.2 Å². The summed E-state index contributed by atoms with van der Waals surface area (Å²) < 4.78 is 19.1. The van der Waals surface area contributed by atoms with Crippen molar-refractivity contribution in [2.45, 2.75) is 87.6 Å². The maximum Gasteiger partial charge on any atom is 0.138 e. The Morgan fingerprint density at radius 3 is 2.77 bits per heavy atom. The molecule has 3 saturated carbocycles. The largest absolute Gasteiger partial charge is 0.497 e. The molecule has 0 amide bonds. The van der Waals surface area contributed by atoms with E-state index in [0.717, 1.165) is 63.0 Å². The first-order valence-corrected chi connectivity index (χ1v) is 12.2. The first-order chi connectivity index (χ1) is 14.8. The van der Waals surface area contributed by atoms with Crippen LogP contribution in [0.1, 0.15) is 63.5 Å². The molecule has 5 nitrogen and oxygen atoms in total. The Labute approximate surface area is 186 Å². The lowest BCUT2D eigenvalue weighted by Gasteiger charge is -2.74. The van der Waals surface area contributed by atoms with Gasteiger partial charge in [-0.3, -0.25) is 0 Å². The topological polar surface area (TPSA) is 51.2 Å². The maximum atomic E-state index is 11.8. The van der Waals surface area contributed by atoms with Gasteiger partial charge in [0, 0.05) is 41.5 Å². The number of hydrogen-bond donors (Lipinski definition) is 1. The summed E-state index contributed by atoms with van der Waals surface area (Å²) >= 11 is 0. The number of nitrogens with zero attached hydrogens (tertiary/aromatic N) is 1. The van der Waals surface area contributed by atoms with Crippen molar-refractivity contribution in [2.75, 3.05) is 27.8 Å². The Kier molecular flexibility index (Phi) is 4.05. The maximum absolute atomic E-state index is 11.8. The Morgan fingerprint density at radius 1 is 1.26 bits per heavy atom. The molecule has 7 atom stereocenters. The number of likely N-dealkylation sites (tertiary alicyclic amines) is 1. The van der Waals surface area contributed by atoms with Crippen molar-refractivity contribution in [1.29, 1.82) is 0 Å². The van der Waals surface area contributed by atoms with Gasteiger partial charge in [-0.25, -0.2) is 0 Å². The van der Waals surface area contributed by atoms with E-state index in [9.17, 15) is 5.11 Å². The predicted molar refractivity (Wildman–Crippen MR) is 119 cm³/mol. The fourth-order valence-electron chi connectivity index (χ4n) is 9.23. The van der Waals surface area contributed by atoms with Gasteiger partial charge in [-0.1, -0.05) is 13.3 Å². The number of rotatable bonds is 5. The van der Waals surface area contributed by atoms with Gasteiger partial charge in [0.25, 0.3) is 0 Å². The summed E-state index contributed by atoms with van der Waals surface area (Å²) in [5.74, 6) is 1.96. The van der Waals surface area contributed by atoms with Crippen LogP contribution < -0.4 is 9.47 Å². The summed E-state index contributed by atoms with van der Waals surface area (Å²) in [6, 6.07) is 4.81. The fraction of sp³-hybridized carbons (Fsp3) is 0.769. The molecule has 2 spiro atoms. The summed E-state index contributed by atoms with van der Waals surface area (Å²) in [6.45, 7) is 5.30. The minimum absolute atomic E-state index is 0.0214. The number of aliphatic hydroxyl groups is 1. The van der Waals surface area contributed by atoms with Crippen LogP contribution in [0.15, 0.2) is 12.1 Å². The summed E-state index contributed by atoms with van der Waals surface area (Å²) in [5.41, 5.74) is 1.73. The standard InChI is InChI=1S/C26H37NO4/c1-6-7-23(2,28)19-15-24-8-9-26(19,30-5)22-25(24)10-11-27(3)20(24)13-16-12-17(29-4)14-18(31-22)21(16)25/h12,14,19-20,22,28H,6-11,13,15H2,1-5H3. The van der Waals surface area contributed by atoms with Crippen LogP contribution in [0.5, 0.6) is 11.5 Å². The number of benzene rings is 1. The molecule has 1 aromatic carbocycles. The van der Waals surface area contributed by atoms with Gasteiger partial charge in [0.05, 0.1) is 12.7 Å². The van der Waals surface area contributed by atoms with E-state index in [0.29, 0.717) is 6.04 Å². The highest BCUT2D eigenvalue weighted by Gasteiger charge is 2.81. The Hall–Kier alpha value is -1.30. The summed E-state index contributed by atoms with van der Waals surface area (Å²) in [4.78, 5) is 2.60. The van der Waals surface area contributed by atoms with Gasteiger partial charge in [-0.05, 0) is 70.7 Å². The second kappa shape index (κ2) is 6.18. The van der Waals surface area contributed by atoms with Gasteiger partial charge >= 0.3 is 0 Å². The van der Waals surface area contributed by atoms with Gasteiger partial charge in [0.1, 0.15) is 23.2 Å². The molecule has 0 aromatic heterocycles. The lowest BCUT2D eigenvalue weighted by atomic mass is 9.33. The highest BCUT2D eigenvalue weighted by molar-refractivity contribution is 5.61. The van der Waals surface area contributed by atoms with Crippen LogP contribution in [0, 0.1) is 11.3 Å². The SMILES string of the molecule is CCCC(C)(O)C1CC23CCC1(OC)C1Oc4cc(OC)cc5c4C12CCN(C)C3C5. The number of piperidine rings is 1. The highest BCUT2D eigenvalue weighted by Crippen LogP contribution is 2.77. The van der Waals surface area contributed by atoms with Crippen molar-refractivity contribution in [3.05, 3.63) is 23.3 Å². The normalized spacial score (nSPS) is 43.9. The number of methoxy groups -OCH3 is 2. The van der Waals surface area contributed by atoms with E-state index in [4.69, 9.17) is 14.2 Å². The molecule has 4 aliphatic carbocycles. The fourth-order valence-corrected chi connectivity index (χ4v) is 9.23. The zero-order chi connectivity index (χ0) is 21.8. The number of fused-ring (bicyclic) bond motifs is 2. The molecule has 170 valence electrons. The van der Waals surface area contributed by atoms with Crippen LogP contribution in [0.25, 0.3) is 0 Å². The van der Waals surface area contributed by atoms with Crippen LogP contribution in [0.2, 0.25) is 0 Å². The molecule has 2 heterocycles. The quantitative estimate of drug-likeness (QED) is 0.777. The first kappa shape index (κ1) is 20.3. The molecule has 4 fully saturated rings. The third kappa shape index (κ3) is 2.10. The van der Waals surface area contributed by atoms with Crippen molar-refractivity contribution in [2.24, 2.45) is 11.3 Å². The minimum Gasteiger partial charge on any atom is -0.497 e. The van der Waals surface area contributed by atoms with Crippen molar-refractivity contribution in [1.82, 2.24) is 4.90 Å². The Morgan fingerprint density at radius 2 is 2.06 bits per heavy atom. The molecule has 1 N–H and O–H groups in total. The monoisotopic (exact) mass is 427 g/mol. The van der Waals surface area contributed by atoms with Gasteiger partial charge in [0.2, 0.25) is 0 Å². The van der Waals surface area contributed by atoms with Crippen molar-refractivity contribution >= 4 is 0 Å². The number of ether oxygens (including phenoxy) is 3. The molecular weight excluding hydrogens is 390 g/mol. The highest BCUT2D eigenvalue weighted by atomic mass is 16.6. The van der Waals surface area contributed by atoms with Crippen LogP contribution in [0.4, 0.5) is 0 Å². The third-order valence-electron chi connectivity index (χ3n) is 10.3. The van der Waals surface area contributed by atoms with Gasteiger partial charge in [-0.15, -0.1) is 0 Å². The lowest BCUT2D eigenvalue weighted by Crippen LogP contribution is -2.82. The van der Waals surface area contributed by atoms with E-state index >= 15 is 0 Å². The van der Waals surface area contributed by atoms with E-state index in [1.54, 1.807) is 7.11 Å². The molecule has 1 aromatic rings. The van der Waals surface area contributed by atoms with Crippen LogP contribution in [-0.2, 0) is 16.6 Å². The van der Waals surface area contributed by atoms with E-state index in [2.05, 4.69) is 31.0 Å². The molecule has 5 heteroatoms. The van der Waals surface area contributed by atoms with E-state index in [1.807, 2.05) is 14.0 Å². The van der Waals surface area contributed by atoms with Crippen molar-refractivity contribution in [3.8, 4) is 11.5 Å². The number of hydrogen-bond acceptors (Lipinski definition) is 5. The molecule has 2 aliphatic heterocycles. The molecule has 7 unspecified atom stereocenters. The zero-order valence-corrected chi connectivity index (χ0v) is 19.7. The van der Waals surface area contributed by atoms with E-state index in [1.165, 1.54) is 11.1 Å². The molecule has 4 bridgehead atoms. The molecular formula is C26H37NO4. The van der Waals surface area contributed by atoms with Crippen molar-refractivity contribution in [3.63, 3.8) is 0 Å². The molecule has 1 saturated heterocycles. The second-order valence-electron chi connectivity index (χ2n) is 11.3. The first-order valence-electron chi connectivity index (χ1n) is 12.2. The predicted octanol–water partition coefficient (Wildman–Crippen LogP) is 3.69. The zero-order valence-electron chi connectivity index (χ0n) is 19.7. The Balaban J connectivity index is 1.62. The summed E-state index contributed by atoms with van der Waals surface area (Å²) in [6.07, 6.45) is 7.00.